The van der Waals surface area contributed by atoms with Crippen LogP contribution in [0.25, 0.3) is 0 Å². The van der Waals surface area contributed by atoms with E-state index in [1.54, 1.807) is 6.92 Å². The number of hydrogen-bond acceptors (Lipinski definition) is 4. The smallest absolute Gasteiger partial charge is 0.219 e. The summed E-state index contributed by atoms with van der Waals surface area (Å²) in [5, 5.41) is -0.238. The van der Waals surface area contributed by atoms with E-state index >= 15 is 0 Å². The fourth-order valence-corrected chi connectivity index (χ4v) is 5.49. The van der Waals surface area contributed by atoms with Crippen LogP contribution < -0.4 is 9.46 Å². The number of hydrogen-bond donors (Lipinski definition) is 1. The van der Waals surface area contributed by atoms with Crippen molar-refractivity contribution >= 4 is 15.9 Å². The molecular formula is C18H24N2O4S. The third-order valence-corrected chi connectivity index (χ3v) is 7.55. The monoisotopic (exact) mass is 364 g/mol. The first-order valence-corrected chi connectivity index (χ1v) is 10.5. The van der Waals surface area contributed by atoms with Gasteiger partial charge in [-0.15, -0.1) is 0 Å². The molecule has 25 heavy (non-hydrogen) atoms. The van der Waals surface area contributed by atoms with E-state index in [0.29, 0.717) is 19.5 Å². The van der Waals surface area contributed by atoms with Gasteiger partial charge >= 0.3 is 0 Å². The first-order chi connectivity index (χ1) is 11.9. The van der Waals surface area contributed by atoms with E-state index in [1.165, 1.54) is 0 Å². The van der Waals surface area contributed by atoms with Crippen molar-refractivity contribution in [1.29, 1.82) is 0 Å². The van der Waals surface area contributed by atoms with Crippen LogP contribution in [-0.4, -0.2) is 43.2 Å². The fraction of sp³-hybridized carbons (Fsp3) is 0.611. The summed E-state index contributed by atoms with van der Waals surface area (Å²) >= 11 is 0. The van der Waals surface area contributed by atoms with Crippen LogP contribution >= 0.6 is 0 Å². The molecular weight excluding hydrogens is 340 g/mol. The highest BCUT2D eigenvalue weighted by molar-refractivity contribution is 7.90. The summed E-state index contributed by atoms with van der Waals surface area (Å²) in [4.78, 5) is 13.4. The van der Waals surface area contributed by atoms with Crippen molar-refractivity contribution in [1.82, 2.24) is 9.62 Å². The molecule has 1 saturated carbocycles. The lowest BCUT2D eigenvalue weighted by Crippen LogP contribution is -2.53. The molecule has 3 aliphatic rings. The van der Waals surface area contributed by atoms with Gasteiger partial charge in [0, 0.05) is 44.8 Å². The Morgan fingerprint density at radius 1 is 1.24 bits per heavy atom. The van der Waals surface area contributed by atoms with E-state index in [9.17, 15) is 13.2 Å². The van der Waals surface area contributed by atoms with E-state index in [1.807, 2.05) is 29.2 Å². The Morgan fingerprint density at radius 2 is 1.92 bits per heavy atom. The molecule has 0 bridgehead atoms. The van der Waals surface area contributed by atoms with Gasteiger partial charge in [0.1, 0.15) is 11.4 Å². The molecule has 7 heteroatoms. The lowest BCUT2D eigenvalue weighted by atomic mass is 9.81. The third kappa shape index (κ3) is 3.27. The molecule has 0 unspecified atom stereocenters. The molecule has 1 aromatic carbocycles. The molecule has 0 aromatic heterocycles. The number of para-hydroxylation sites is 1. The molecule has 4 rings (SSSR count). The minimum Gasteiger partial charge on any atom is -0.487 e. The summed E-state index contributed by atoms with van der Waals surface area (Å²) in [6.45, 7) is 2.89. The maximum absolute atomic E-state index is 12.5. The van der Waals surface area contributed by atoms with Gasteiger partial charge in [-0.2, -0.15) is 0 Å². The van der Waals surface area contributed by atoms with E-state index in [0.717, 1.165) is 37.0 Å². The standard InChI is InChI=1S/C18H24N2O4S/c1-13(21)20-10-8-18(9-11-20)12-16(19-25(22,23)14-6-7-14)15-4-2-3-5-17(15)24-18/h2-5,14,16,19H,6-12H2,1H3/t16-/m1/s1. The van der Waals surface area contributed by atoms with Crippen LogP contribution in [0.2, 0.25) is 0 Å². The predicted molar refractivity (Wildman–Crippen MR) is 93.7 cm³/mol. The van der Waals surface area contributed by atoms with E-state index in [-0.39, 0.29) is 17.2 Å². The minimum atomic E-state index is -3.28. The average molecular weight is 364 g/mol. The van der Waals surface area contributed by atoms with Gasteiger partial charge in [0.25, 0.3) is 0 Å². The zero-order valence-corrected chi connectivity index (χ0v) is 15.2. The summed E-state index contributed by atoms with van der Waals surface area (Å²) in [7, 11) is -3.28. The summed E-state index contributed by atoms with van der Waals surface area (Å²) in [5.74, 6) is 0.838. The van der Waals surface area contributed by atoms with Crippen molar-refractivity contribution in [2.45, 2.75) is 55.9 Å². The number of amides is 1. The van der Waals surface area contributed by atoms with Crippen molar-refractivity contribution in [3.05, 3.63) is 29.8 Å². The quantitative estimate of drug-likeness (QED) is 0.890. The second kappa shape index (κ2) is 5.99. The van der Waals surface area contributed by atoms with Gasteiger partial charge in [-0.05, 0) is 18.9 Å². The first kappa shape index (κ1) is 16.8. The van der Waals surface area contributed by atoms with Crippen molar-refractivity contribution in [3.63, 3.8) is 0 Å². The number of benzene rings is 1. The fourth-order valence-electron chi connectivity index (χ4n) is 3.93. The third-order valence-electron chi connectivity index (χ3n) is 5.59. The van der Waals surface area contributed by atoms with Gasteiger partial charge in [0.05, 0.1) is 11.3 Å². The molecule has 1 aromatic rings. The number of nitrogens with one attached hydrogen (secondary N) is 1. The zero-order valence-electron chi connectivity index (χ0n) is 14.4. The summed E-state index contributed by atoms with van der Waals surface area (Å²) < 4.78 is 34.2. The molecule has 136 valence electrons. The molecule has 2 fully saturated rings. The number of piperidine rings is 1. The molecule has 2 aliphatic heterocycles. The Bertz CT molecular complexity index is 780. The summed E-state index contributed by atoms with van der Waals surface area (Å²) in [6, 6.07) is 7.41. The largest absolute Gasteiger partial charge is 0.487 e. The van der Waals surface area contributed by atoms with E-state index in [4.69, 9.17) is 4.74 Å². The molecule has 1 N–H and O–H groups in total. The van der Waals surface area contributed by atoms with Gasteiger partial charge in [0.15, 0.2) is 0 Å². The lowest BCUT2D eigenvalue weighted by molar-refractivity contribution is -0.132. The van der Waals surface area contributed by atoms with Crippen LogP contribution in [0, 0.1) is 0 Å². The molecule has 0 radical (unpaired) electrons. The van der Waals surface area contributed by atoms with Gasteiger partial charge in [-0.1, -0.05) is 18.2 Å². The van der Waals surface area contributed by atoms with E-state index < -0.39 is 15.6 Å². The van der Waals surface area contributed by atoms with Crippen LogP contribution in [0.3, 0.4) is 0 Å². The van der Waals surface area contributed by atoms with Gasteiger partial charge in [-0.3, -0.25) is 4.79 Å². The van der Waals surface area contributed by atoms with Crippen molar-refractivity contribution < 1.29 is 17.9 Å². The zero-order chi connectivity index (χ0) is 17.7. The van der Waals surface area contributed by atoms with Crippen molar-refractivity contribution in [2.24, 2.45) is 0 Å². The Kier molecular flexibility index (Phi) is 4.03. The average Bonchev–Trinajstić information content (AvgIpc) is 3.40. The Morgan fingerprint density at radius 3 is 2.56 bits per heavy atom. The number of ether oxygens (including phenoxy) is 1. The number of likely N-dealkylation sites (tertiary alicyclic amines) is 1. The number of nitrogens with zero attached hydrogens (tertiary/aromatic N) is 1. The van der Waals surface area contributed by atoms with Crippen LogP contribution in [0.15, 0.2) is 24.3 Å². The van der Waals surface area contributed by atoms with Crippen LogP contribution in [0.1, 0.15) is 50.6 Å². The van der Waals surface area contributed by atoms with Gasteiger partial charge < -0.3 is 9.64 Å². The summed E-state index contributed by atoms with van der Waals surface area (Å²) in [6.07, 6.45) is 3.56. The highest BCUT2D eigenvalue weighted by Crippen LogP contribution is 2.45. The van der Waals surface area contributed by atoms with Gasteiger partial charge in [-0.25, -0.2) is 13.1 Å². The number of rotatable bonds is 3. The lowest BCUT2D eigenvalue weighted by Gasteiger charge is -2.46. The highest BCUT2D eigenvalue weighted by atomic mass is 32.2. The molecule has 1 amide bonds. The Balaban J connectivity index is 1.60. The Hall–Kier alpha value is -1.60. The second-order valence-corrected chi connectivity index (χ2v) is 9.44. The number of carbonyl (C=O) groups excluding carboxylic acids is 1. The van der Waals surface area contributed by atoms with Crippen molar-refractivity contribution in [2.75, 3.05) is 13.1 Å². The van der Waals surface area contributed by atoms with Crippen LogP contribution in [0.4, 0.5) is 0 Å². The normalized spacial score (nSPS) is 25.3. The molecule has 1 saturated heterocycles. The molecule has 2 heterocycles. The van der Waals surface area contributed by atoms with Crippen LogP contribution in [0.5, 0.6) is 5.75 Å². The SMILES string of the molecule is CC(=O)N1CCC2(CC1)C[C@@H](NS(=O)(=O)C1CC1)c1ccccc1O2. The number of fused-ring (bicyclic) bond motifs is 1. The van der Waals surface area contributed by atoms with Crippen molar-refractivity contribution in [3.8, 4) is 5.75 Å². The highest BCUT2D eigenvalue weighted by Gasteiger charge is 2.46. The van der Waals surface area contributed by atoms with E-state index in [2.05, 4.69) is 4.72 Å². The maximum atomic E-state index is 12.5. The molecule has 1 spiro atoms. The number of carbonyl (C=O) groups is 1. The summed E-state index contributed by atoms with van der Waals surface area (Å²) in [5.41, 5.74) is 0.503. The van der Waals surface area contributed by atoms with Crippen LogP contribution in [-0.2, 0) is 14.8 Å². The topological polar surface area (TPSA) is 75.7 Å². The first-order valence-electron chi connectivity index (χ1n) is 8.93. The van der Waals surface area contributed by atoms with Gasteiger partial charge in [0.2, 0.25) is 15.9 Å². The predicted octanol–water partition coefficient (Wildman–Crippen LogP) is 1.97. The Labute approximate surface area is 148 Å². The minimum absolute atomic E-state index is 0.0806. The second-order valence-electron chi connectivity index (χ2n) is 7.45. The number of sulfonamides is 1. The maximum Gasteiger partial charge on any atom is 0.219 e. The molecule has 1 aliphatic carbocycles. The molecule has 1 atom stereocenters. The molecule has 6 nitrogen and oxygen atoms in total.